The minimum Gasteiger partial charge on any atom is -0.369 e. The number of rotatable bonds is 9. The van der Waals surface area contributed by atoms with E-state index in [1.54, 1.807) is 6.92 Å². The van der Waals surface area contributed by atoms with E-state index < -0.39 is 0 Å². The largest absolute Gasteiger partial charge is 0.369 e. The van der Waals surface area contributed by atoms with Crippen LogP contribution in [-0.2, 0) is 17.8 Å². The van der Waals surface area contributed by atoms with Crippen molar-refractivity contribution in [3.05, 3.63) is 89.9 Å². The molecule has 6 heteroatoms. The van der Waals surface area contributed by atoms with Crippen LogP contribution in [0.3, 0.4) is 0 Å². The first-order chi connectivity index (χ1) is 18.5. The van der Waals surface area contributed by atoms with E-state index in [0.29, 0.717) is 12.5 Å². The second-order valence-electron chi connectivity index (χ2n) is 10.4. The minimum absolute atomic E-state index is 0.199. The molecule has 1 saturated heterocycles. The molecule has 1 aliphatic heterocycles. The van der Waals surface area contributed by atoms with Gasteiger partial charge < -0.3 is 9.69 Å². The van der Waals surface area contributed by atoms with Crippen molar-refractivity contribution in [1.29, 1.82) is 0 Å². The van der Waals surface area contributed by atoms with E-state index in [1.165, 1.54) is 17.7 Å². The highest BCUT2D eigenvalue weighted by molar-refractivity contribution is 5.79. The number of piperazine rings is 1. The standard InChI is InChI=1S/C32H35FN4O/c1-23-21-37(28-15-13-27(33)14-16-28)19-18-36(23)22-25-12-17-29-31(20-25)34-30(11-7-6-8-24(2)38)32(35-29)26-9-4-3-5-10-26/h3-5,9-10,12-17,20,23H,6-8,11,18-19,21-22H2,1-2H3/t23-/m1/s1. The molecule has 2 heterocycles. The van der Waals surface area contributed by atoms with Gasteiger partial charge in [0.15, 0.2) is 0 Å². The lowest BCUT2D eigenvalue weighted by Crippen LogP contribution is -2.51. The van der Waals surface area contributed by atoms with Gasteiger partial charge in [0.05, 0.1) is 22.4 Å². The lowest BCUT2D eigenvalue weighted by molar-refractivity contribution is -0.117. The van der Waals surface area contributed by atoms with Crippen LogP contribution in [0, 0.1) is 5.82 Å². The number of hydrogen-bond acceptors (Lipinski definition) is 5. The lowest BCUT2D eigenvalue weighted by Gasteiger charge is -2.41. The number of Topliss-reactive ketones (excluding diaryl/α,β-unsaturated/α-hetero) is 1. The number of halogens is 1. The molecule has 1 fully saturated rings. The van der Waals surface area contributed by atoms with Crippen LogP contribution in [0.15, 0.2) is 72.8 Å². The van der Waals surface area contributed by atoms with Crippen LogP contribution in [0.1, 0.15) is 44.4 Å². The van der Waals surface area contributed by atoms with Gasteiger partial charge in [-0.2, -0.15) is 0 Å². The van der Waals surface area contributed by atoms with Crippen LogP contribution >= 0.6 is 0 Å². The van der Waals surface area contributed by atoms with Gasteiger partial charge in [0.1, 0.15) is 11.6 Å². The second-order valence-corrected chi connectivity index (χ2v) is 10.4. The molecule has 3 aromatic carbocycles. The van der Waals surface area contributed by atoms with Crippen molar-refractivity contribution in [3.8, 4) is 11.3 Å². The van der Waals surface area contributed by atoms with Crippen LogP contribution in [0.25, 0.3) is 22.3 Å². The number of hydrogen-bond donors (Lipinski definition) is 0. The Labute approximate surface area is 224 Å². The van der Waals surface area contributed by atoms with E-state index >= 15 is 0 Å². The number of aromatic nitrogens is 2. The lowest BCUT2D eigenvalue weighted by atomic mass is 10.0. The fourth-order valence-electron chi connectivity index (χ4n) is 5.25. The molecule has 0 amide bonds. The third-order valence-electron chi connectivity index (χ3n) is 7.38. The Morgan fingerprint density at radius 3 is 2.47 bits per heavy atom. The zero-order valence-electron chi connectivity index (χ0n) is 22.2. The molecule has 1 atom stereocenters. The third-order valence-corrected chi connectivity index (χ3v) is 7.38. The summed E-state index contributed by atoms with van der Waals surface area (Å²) in [7, 11) is 0. The van der Waals surface area contributed by atoms with Crippen molar-refractivity contribution in [2.24, 2.45) is 0 Å². The zero-order valence-corrected chi connectivity index (χ0v) is 22.2. The predicted molar refractivity (Wildman–Crippen MR) is 152 cm³/mol. The average molecular weight is 511 g/mol. The Kier molecular flexibility index (Phi) is 8.08. The summed E-state index contributed by atoms with van der Waals surface area (Å²) >= 11 is 0. The molecule has 0 bridgehead atoms. The molecule has 1 aliphatic rings. The summed E-state index contributed by atoms with van der Waals surface area (Å²) in [6.07, 6.45) is 3.19. The molecule has 0 unspecified atom stereocenters. The van der Waals surface area contributed by atoms with Crippen LogP contribution in [0.4, 0.5) is 10.1 Å². The monoisotopic (exact) mass is 510 g/mol. The summed E-state index contributed by atoms with van der Waals surface area (Å²) in [5.74, 6) is 0.0326. The predicted octanol–water partition coefficient (Wildman–Crippen LogP) is 6.45. The first kappa shape index (κ1) is 26.0. The molecule has 5 nitrogen and oxygen atoms in total. The van der Waals surface area contributed by atoms with Gasteiger partial charge in [-0.3, -0.25) is 4.90 Å². The van der Waals surface area contributed by atoms with E-state index in [4.69, 9.17) is 9.97 Å². The maximum absolute atomic E-state index is 13.3. The number of fused-ring (bicyclic) bond motifs is 1. The third kappa shape index (κ3) is 6.25. The van der Waals surface area contributed by atoms with Gasteiger partial charge in [0, 0.05) is 49.9 Å². The van der Waals surface area contributed by atoms with Gasteiger partial charge in [0.25, 0.3) is 0 Å². The Balaban J connectivity index is 1.33. The number of ketones is 1. The topological polar surface area (TPSA) is 49.3 Å². The maximum Gasteiger partial charge on any atom is 0.129 e. The van der Waals surface area contributed by atoms with Gasteiger partial charge in [-0.25, -0.2) is 14.4 Å². The molecule has 5 rings (SSSR count). The number of nitrogens with zero attached hydrogens (tertiary/aromatic N) is 4. The second kappa shape index (κ2) is 11.8. The fourth-order valence-corrected chi connectivity index (χ4v) is 5.25. The van der Waals surface area contributed by atoms with Gasteiger partial charge in [0.2, 0.25) is 0 Å². The zero-order chi connectivity index (χ0) is 26.5. The summed E-state index contributed by atoms with van der Waals surface area (Å²) in [5.41, 5.74) is 7.11. The molecular weight excluding hydrogens is 475 g/mol. The summed E-state index contributed by atoms with van der Waals surface area (Å²) in [6, 6.07) is 23.8. The highest BCUT2D eigenvalue weighted by Gasteiger charge is 2.24. The first-order valence-corrected chi connectivity index (χ1v) is 13.6. The van der Waals surface area contributed by atoms with Crippen LogP contribution in [-0.4, -0.2) is 46.3 Å². The van der Waals surface area contributed by atoms with Gasteiger partial charge in [-0.05, 0) is 75.1 Å². The molecule has 0 aliphatic carbocycles. The van der Waals surface area contributed by atoms with E-state index in [1.807, 2.05) is 30.3 Å². The SMILES string of the molecule is CC(=O)CCCCc1nc2cc(CN3CCN(c4ccc(F)cc4)C[C@H]3C)ccc2nc1-c1ccccc1. The quantitative estimate of drug-likeness (QED) is 0.242. The van der Waals surface area contributed by atoms with E-state index in [0.717, 1.165) is 79.1 Å². The van der Waals surface area contributed by atoms with Crippen molar-refractivity contribution in [2.75, 3.05) is 24.5 Å². The molecule has 196 valence electrons. The smallest absolute Gasteiger partial charge is 0.129 e. The summed E-state index contributed by atoms with van der Waals surface area (Å²) in [4.78, 5) is 26.4. The van der Waals surface area contributed by atoms with Crippen molar-refractivity contribution >= 4 is 22.5 Å². The van der Waals surface area contributed by atoms with Crippen LogP contribution in [0.2, 0.25) is 0 Å². The molecule has 1 aromatic heterocycles. The summed E-state index contributed by atoms with van der Waals surface area (Å²) in [6.45, 7) is 7.51. The highest BCUT2D eigenvalue weighted by atomic mass is 19.1. The Bertz CT molecular complexity index is 1390. The average Bonchev–Trinajstić information content (AvgIpc) is 2.92. The van der Waals surface area contributed by atoms with Gasteiger partial charge in [-0.15, -0.1) is 0 Å². The van der Waals surface area contributed by atoms with E-state index in [9.17, 15) is 9.18 Å². The molecular formula is C32H35FN4O. The molecule has 38 heavy (non-hydrogen) atoms. The minimum atomic E-state index is -0.199. The molecule has 0 radical (unpaired) electrons. The van der Waals surface area contributed by atoms with Crippen molar-refractivity contribution in [1.82, 2.24) is 14.9 Å². The van der Waals surface area contributed by atoms with Crippen LogP contribution < -0.4 is 4.90 Å². The summed E-state index contributed by atoms with van der Waals surface area (Å²) < 4.78 is 13.3. The highest BCUT2D eigenvalue weighted by Crippen LogP contribution is 2.26. The van der Waals surface area contributed by atoms with Gasteiger partial charge >= 0.3 is 0 Å². The number of carbonyl (C=O) groups is 1. The number of unbranched alkanes of at least 4 members (excludes halogenated alkanes) is 1. The van der Waals surface area contributed by atoms with Gasteiger partial charge in [-0.1, -0.05) is 36.4 Å². The normalized spacial score (nSPS) is 16.2. The summed E-state index contributed by atoms with van der Waals surface area (Å²) in [5, 5.41) is 0. The molecule has 0 saturated carbocycles. The molecule has 0 N–H and O–H groups in total. The molecule has 0 spiro atoms. The Morgan fingerprint density at radius 1 is 0.947 bits per heavy atom. The van der Waals surface area contributed by atoms with E-state index in [2.05, 4.69) is 47.1 Å². The van der Waals surface area contributed by atoms with Crippen molar-refractivity contribution in [2.45, 2.75) is 52.1 Å². The Morgan fingerprint density at radius 2 is 1.74 bits per heavy atom. The van der Waals surface area contributed by atoms with Crippen molar-refractivity contribution < 1.29 is 9.18 Å². The fraction of sp³-hybridized carbons (Fsp3) is 0.344. The Hall–Kier alpha value is -3.64. The van der Waals surface area contributed by atoms with E-state index in [-0.39, 0.29) is 11.6 Å². The number of carbonyl (C=O) groups excluding carboxylic acids is 1. The first-order valence-electron chi connectivity index (χ1n) is 13.6. The maximum atomic E-state index is 13.3. The van der Waals surface area contributed by atoms with Crippen LogP contribution in [0.5, 0.6) is 0 Å². The number of aryl methyl sites for hydroxylation is 1. The number of benzene rings is 3. The molecule has 4 aromatic rings. The van der Waals surface area contributed by atoms with Crippen molar-refractivity contribution in [3.63, 3.8) is 0 Å². The number of anilines is 1.